The van der Waals surface area contributed by atoms with Gasteiger partial charge in [0.05, 0.1) is 36.2 Å². The number of ether oxygens (including phenoxy) is 3. The number of nitrogens with one attached hydrogen (secondary N) is 3. The van der Waals surface area contributed by atoms with Crippen molar-refractivity contribution in [2.45, 2.75) is 65.3 Å². The Morgan fingerprint density at radius 2 is 1.09 bits per heavy atom. The van der Waals surface area contributed by atoms with Gasteiger partial charge in [-0.25, -0.2) is 23.8 Å². The molecule has 4 aliphatic heterocycles. The van der Waals surface area contributed by atoms with E-state index in [2.05, 4.69) is 72.3 Å². The smallest absolute Gasteiger partial charge is 0.410 e. The first-order chi connectivity index (χ1) is 32.3. The summed E-state index contributed by atoms with van der Waals surface area (Å²) in [6.07, 6.45) is 7.68. The molecule has 3 N–H and O–H groups in total. The number of benzene rings is 2. The number of rotatable bonds is 10. The molecule has 352 valence electrons. The zero-order chi connectivity index (χ0) is 46.7. The molecule has 0 spiro atoms. The molecule has 18 nitrogen and oxygen atoms in total. The summed E-state index contributed by atoms with van der Waals surface area (Å²) < 4.78 is 21.5. The van der Waals surface area contributed by atoms with E-state index >= 15 is 0 Å². The lowest BCUT2D eigenvalue weighted by Crippen LogP contribution is -2.50. The number of carbonyl (C=O) groups excluding carboxylic acids is 3. The molecule has 4 aliphatic rings. The maximum atomic E-state index is 12.4. The molecule has 0 aliphatic carbocycles. The maximum Gasteiger partial charge on any atom is 0.410 e. The summed E-state index contributed by atoms with van der Waals surface area (Å²) in [5.74, 6) is 1.44. The van der Waals surface area contributed by atoms with Crippen molar-refractivity contribution in [3.05, 3.63) is 85.5 Å². The van der Waals surface area contributed by atoms with E-state index in [0.717, 1.165) is 78.5 Å². The third kappa shape index (κ3) is 10.7. The number of anilines is 2. The predicted octanol–water partition coefficient (Wildman–Crippen LogP) is 5.07. The first-order valence-corrected chi connectivity index (χ1v) is 23.3. The van der Waals surface area contributed by atoms with Crippen LogP contribution >= 0.6 is 0 Å². The lowest BCUT2D eigenvalue weighted by Gasteiger charge is -2.36. The van der Waals surface area contributed by atoms with Crippen LogP contribution in [0.2, 0.25) is 0 Å². The number of fused-ring (bicyclic) bond motifs is 2. The van der Waals surface area contributed by atoms with Crippen LogP contribution in [0.4, 0.5) is 16.2 Å². The lowest BCUT2D eigenvalue weighted by atomic mass is 10.0. The van der Waals surface area contributed by atoms with E-state index in [4.69, 9.17) is 24.2 Å². The second-order valence-corrected chi connectivity index (χ2v) is 18.7. The third-order valence-electron chi connectivity index (χ3n) is 12.8. The number of carbonyl (C=O) groups is 3. The van der Waals surface area contributed by atoms with Crippen LogP contribution < -0.4 is 35.2 Å². The number of amides is 3. The van der Waals surface area contributed by atoms with Gasteiger partial charge < -0.3 is 44.9 Å². The monoisotopic (exact) mass is 912 g/mol. The quantitative estimate of drug-likeness (QED) is 0.166. The molecule has 67 heavy (non-hydrogen) atoms. The van der Waals surface area contributed by atoms with E-state index in [1.807, 2.05) is 71.3 Å². The van der Waals surface area contributed by atoms with Crippen molar-refractivity contribution in [3.8, 4) is 34.3 Å². The van der Waals surface area contributed by atoms with Crippen LogP contribution in [0.5, 0.6) is 11.8 Å². The summed E-state index contributed by atoms with van der Waals surface area (Å²) in [4.78, 5) is 51.6. The first-order valence-electron chi connectivity index (χ1n) is 23.3. The molecule has 4 fully saturated rings. The Balaban J connectivity index is 0.000000171. The van der Waals surface area contributed by atoms with Gasteiger partial charge in [0.15, 0.2) is 0 Å². The Labute approximate surface area is 390 Å². The van der Waals surface area contributed by atoms with Gasteiger partial charge >= 0.3 is 6.09 Å². The number of hydrogen-bond donors (Lipinski definition) is 3. The maximum absolute atomic E-state index is 12.4. The van der Waals surface area contributed by atoms with Crippen molar-refractivity contribution in [2.24, 2.45) is 11.8 Å². The molecule has 2 aromatic carbocycles. The normalized spacial score (nSPS) is 19.7. The summed E-state index contributed by atoms with van der Waals surface area (Å²) >= 11 is 0. The number of aromatic nitrogens is 6. The fourth-order valence-corrected chi connectivity index (χ4v) is 8.79. The second-order valence-electron chi connectivity index (χ2n) is 18.7. The Bertz CT molecular complexity index is 2680. The van der Waals surface area contributed by atoms with Gasteiger partial charge in [0.1, 0.15) is 28.8 Å². The highest BCUT2D eigenvalue weighted by molar-refractivity contribution is 5.79. The van der Waals surface area contributed by atoms with Crippen LogP contribution in [-0.2, 0) is 14.3 Å². The predicted molar refractivity (Wildman–Crippen MR) is 254 cm³/mol. The van der Waals surface area contributed by atoms with Crippen LogP contribution in [0.15, 0.2) is 85.5 Å². The van der Waals surface area contributed by atoms with Crippen LogP contribution in [0, 0.1) is 11.8 Å². The van der Waals surface area contributed by atoms with Crippen molar-refractivity contribution in [1.29, 1.82) is 0 Å². The number of piperazine rings is 2. The van der Waals surface area contributed by atoms with E-state index in [0.29, 0.717) is 50.8 Å². The number of hydrogen-bond acceptors (Lipinski definition) is 13. The Morgan fingerprint density at radius 1 is 0.642 bits per heavy atom. The SMILES string of the molecule is C[C@@H](Oc1nc(-c2ccc(N3CCN(C(=O)OC(C)(C)C)CC3)cc2)cn2nccc12)[C@H]1CNC(=O)C1.C[C@@H](Oc1nc(-c2ccc(N3CCNCC3)cc2)cn2nccc12)[C@H]1CNC(=O)C1. The average Bonchev–Trinajstić information content (AvgIpc) is 4.18. The molecular weight excluding hydrogens is 853 g/mol. The molecule has 18 heteroatoms. The summed E-state index contributed by atoms with van der Waals surface area (Å²) in [5.41, 5.74) is 6.95. The second kappa shape index (κ2) is 19.5. The molecule has 0 saturated carbocycles. The highest BCUT2D eigenvalue weighted by Gasteiger charge is 2.31. The third-order valence-corrected chi connectivity index (χ3v) is 12.8. The van der Waals surface area contributed by atoms with E-state index in [1.165, 1.54) is 5.69 Å². The summed E-state index contributed by atoms with van der Waals surface area (Å²) in [7, 11) is 0. The lowest BCUT2D eigenvalue weighted by molar-refractivity contribution is -0.120. The molecule has 4 atom stereocenters. The van der Waals surface area contributed by atoms with E-state index in [1.54, 1.807) is 26.3 Å². The standard InChI is InChI=1S/C27H34N6O4.C22H26N6O2/c1-18(20-15-24(34)28-16-20)36-25-23-9-10-29-33(23)17-22(30-25)19-5-7-21(8-6-19)31-11-13-32(14-12-31)26(35)37-27(2,3)4;1-15(17-12-21(29)24-13-17)30-22-20-6-7-25-28(20)14-19(26-22)16-2-4-18(5-3-16)27-10-8-23-9-11-27/h5-10,17-18,20H,11-16H2,1-4H3,(H,28,34);2-7,14-15,17,23H,8-13H2,1H3,(H,24,29)/t18-,20-;15-,17-/m11/s1. The van der Waals surface area contributed by atoms with Gasteiger partial charge in [-0.3, -0.25) is 9.59 Å². The van der Waals surface area contributed by atoms with Gasteiger partial charge in [-0.05, 0) is 71.0 Å². The molecule has 6 aromatic rings. The first kappa shape index (κ1) is 45.2. The molecule has 3 amide bonds. The van der Waals surface area contributed by atoms with Crippen LogP contribution in [-0.4, -0.2) is 135 Å². The van der Waals surface area contributed by atoms with Gasteiger partial charge in [-0.15, -0.1) is 0 Å². The van der Waals surface area contributed by atoms with Crippen molar-refractivity contribution in [2.75, 3.05) is 75.2 Å². The van der Waals surface area contributed by atoms with Gasteiger partial charge in [-0.1, -0.05) is 24.3 Å². The van der Waals surface area contributed by atoms with Crippen LogP contribution in [0.3, 0.4) is 0 Å². The Morgan fingerprint density at radius 3 is 1.51 bits per heavy atom. The van der Waals surface area contributed by atoms with Gasteiger partial charge in [0.25, 0.3) is 0 Å². The minimum absolute atomic E-state index is 0.0583. The molecule has 4 saturated heterocycles. The molecule has 10 rings (SSSR count). The largest absolute Gasteiger partial charge is 0.473 e. The van der Waals surface area contributed by atoms with Crippen LogP contribution in [0.25, 0.3) is 33.5 Å². The van der Waals surface area contributed by atoms with E-state index in [9.17, 15) is 14.4 Å². The molecule has 0 radical (unpaired) electrons. The highest BCUT2D eigenvalue weighted by Crippen LogP contribution is 2.31. The van der Waals surface area contributed by atoms with Crippen molar-refractivity contribution < 1.29 is 28.6 Å². The van der Waals surface area contributed by atoms with Crippen LogP contribution in [0.1, 0.15) is 47.5 Å². The van der Waals surface area contributed by atoms with Gasteiger partial charge in [-0.2, -0.15) is 10.2 Å². The summed E-state index contributed by atoms with van der Waals surface area (Å²) in [6, 6.07) is 20.5. The van der Waals surface area contributed by atoms with E-state index < -0.39 is 5.60 Å². The zero-order valence-corrected chi connectivity index (χ0v) is 38.9. The Kier molecular flexibility index (Phi) is 13.2. The molecule has 4 aromatic heterocycles. The topological polar surface area (TPSA) is 185 Å². The Hall–Kier alpha value is -6.95. The van der Waals surface area contributed by atoms with Gasteiger partial charge in [0, 0.05) is 113 Å². The summed E-state index contributed by atoms with van der Waals surface area (Å²) in [5, 5.41) is 17.9. The average molecular weight is 913 g/mol. The molecule has 0 bridgehead atoms. The highest BCUT2D eigenvalue weighted by atomic mass is 16.6. The fraction of sp³-hybridized carbons (Fsp3) is 0.449. The number of nitrogens with zero attached hydrogens (tertiary/aromatic N) is 9. The van der Waals surface area contributed by atoms with Gasteiger partial charge in [0.2, 0.25) is 23.6 Å². The van der Waals surface area contributed by atoms with Crippen molar-refractivity contribution in [3.63, 3.8) is 0 Å². The summed E-state index contributed by atoms with van der Waals surface area (Å²) in [6.45, 7) is 17.7. The zero-order valence-electron chi connectivity index (χ0n) is 38.9. The molecular formula is C49H60N12O6. The fourth-order valence-electron chi connectivity index (χ4n) is 8.79. The minimum atomic E-state index is -0.493. The minimum Gasteiger partial charge on any atom is -0.473 e. The van der Waals surface area contributed by atoms with E-state index in [-0.39, 0.29) is 42.0 Å². The van der Waals surface area contributed by atoms with Crippen molar-refractivity contribution in [1.82, 2.24) is 50.0 Å². The van der Waals surface area contributed by atoms with Crippen molar-refractivity contribution >= 4 is 40.3 Å². The molecule has 0 unspecified atom stereocenters. The molecule has 8 heterocycles.